The van der Waals surface area contributed by atoms with Gasteiger partial charge in [-0.3, -0.25) is 0 Å². The Balaban J connectivity index is 0.000000174. The summed E-state index contributed by atoms with van der Waals surface area (Å²) in [6.07, 6.45) is 0. The molecule has 5 heteroatoms. The minimum atomic E-state index is -0.826. The van der Waals surface area contributed by atoms with Crippen LogP contribution in [0.15, 0.2) is 47.5 Å². The van der Waals surface area contributed by atoms with E-state index in [4.69, 9.17) is 17.0 Å². The Morgan fingerprint density at radius 1 is 0.692 bits per heavy atom. The molecule has 0 aliphatic heterocycles. The van der Waals surface area contributed by atoms with Gasteiger partial charge in [-0.15, -0.1) is 16.4 Å². The van der Waals surface area contributed by atoms with Gasteiger partial charge in [-0.2, -0.15) is 0 Å². The maximum atomic E-state index is 4.93. The summed E-state index contributed by atoms with van der Waals surface area (Å²) >= 11 is -0.826. The second-order valence-electron chi connectivity index (χ2n) is 1.84. The van der Waals surface area contributed by atoms with E-state index in [9.17, 15) is 0 Å². The molecule has 0 amide bonds. The second-order valence-corrected chi connectivity index (χ2v) is 7.57. The third-order valence-corrected chi connectivity index (χ3v) is 2.53. The van der Waals surface area contributed by atoms with E-state index in [1.54, 1.807) is 0 Å². The molecule has 13 heavy (non-hydrogen) atoms. The normalized spacial score (nSPS) is 7.23. The van der Waals surface area contributed by atoms with Crippen LogP contribution in [-0.2, 0) is 20.8 Å². The molecular formula is C8H10Cl2P2Zr. The SMILES string of the molecule is [Cl][Zr][Cl].c1cc[pH]c1.c1cc[pH]c1. The Labute approximate surface area is 101 Å². The smallest absolute Gasteiger partial charge is 0.0454 e. The van der Waals surface area contributed by atoms with Crippen molar-refractivity contribution in [2.45, 2.75) is 0 Å². The van der Waals surface area contributed by atoms with Crippen molar-refractivity contribution in [1.29, 1.82) is 0 Å². The van der Waals surface area contributed by atoms with E-state index < -0.39 is 20.8 Å². The van der Waals surface area contributed by atoms with E-state index in [-0.39, 0.29) is 0 Å². The van der Waals surface area contributed by atoms with Gasteiger partial charge in [0.15, 0.2) is 0 Å². The zero-order valence-corrected chi connectivity index (χ0v) is 12.8. The average molecular weight is 330 g/mol. The molecule has 0 atom stereocenters. The summed E-state index contributed by atoms with van der Waals surface area (Å²) in [6.45, 7) is 0. The molecular weight excluding hydrogens is 320 g/mol. The van der Waals surface area contributed by atoms with Crippen molar-refractivity contribution >= 4 is 33.4 Å². The molecule has 0 saturated heterocycles. The first-order chi connectivity index (χ1) is 6.41. The summed E-state index contributed by atoms with van der Waals surface area (Å²) in [7, 11) is 11.8. The van der Waals surface area contributed by atoms with Gasteiger partial charge in [-0.1, -0.05) is 24.3 Å². The van der Waals surface area contributed by atoms with Gasteiger partial charge in [0.2, 0.25) is 0 Å². The molecule has 0 aliphatic rings. The molecule has 0 spiro atoms. The number of rotatable bonds is 0. The van der Waals surface area contributed by atoms with Gasteiger partial charge in [0, 0.05) is 0 Å². The van der Waals surface area contributed by atoms with E-state index in [1.807, 2.05) is 0 Å². The Kier molecular flexibility index (Phi) is 14.0. The van der Waals surface area contributed by atoms with E-state index in [2.05, 4.69) is 47.5 Å². The minimum absolute atomic E-state index is 0.826. The summed E-state index contributed by atoms with van der Waals surface area (Å²) in [4.78, 5) is 0. The maximum Gasteiger partial charge on any atom is -0.0454 e. The van der Waals surface area contributed by atoms with Crippen molar-refractivity contribution in [1.82, 2.24) is 0 Å². The van der Waals surface area contributed by atoms with Crippen molar-refractivity contribution in [2.24, 2.45) is 0 Å². The van der Waals surface area contributed by atoms with Gasteiger partial charge in [-0.25, -0.2) is 0 Å². The van der Waals surface area contributed by atoms with Crippen LogP contribution in [0, 0.1) is 0 Å². The van der Waals surface area contributed by atoms with Crippen molar-refractivity contribution in [3.8, 4) is 0 Å². The molecule has 0 bridgehead atoms. The standard InChI is InChI=1S/2C4H5P.2ClH.Zr/c2*1-2-4-5-3-1;;;/h2*1-5H;2*1H;/q;;;;+2/p-2. The quantitative estimate of drug-likeness (QED) is 0.650. The monoisotopic (exact) mass is 328 g/mol. The van der Waals surface area contributed by atoms with Crippen LogP contribution in [-0.4, -0.2) is 0 Å². The summed E-state index contributed by atoms with van der Waals surface area (Å²) in [5.74, 6) is 8.61. The first-order valence-electron chi connectivity index (χ1n) is 3.53. The predicted octanol–water partition coefficient (Wildman–Crippen LogP) is 4.81. The van der Waals surface area contributed by atoms with Crippen LogP contribution in [0.2, 0.25) is 0 Å². The first-order valence-corrected chi connectivity index (χ1v) is 12.2. The van der Waals surface area contributed by atoms with Gasteiger partial charge in [-0.05, 0) is 23.2 Å². The zero-order chi connectivity index (χ0) is 9.78. The summed E-state index contributed by atoms with van der Waals surface area (Å²) in [5, 5.41) is 0. The van der Waals surface area contributed by atoms with Gasteiger partial charge in [0.05, 0.1) is 0 Å². The maximum absolute atomic E-state index is 4.93. The van der Waals surface area contributed by atoms with Crippen LogP contribution in [0.1, 0.15) is 0 Å². The van der Waals surface area contributed by atoms with E-state index in [0.29, 0.717) is 0 Å². The molecule has 0 fully saturated rings. The third-order valence-electron chi connectivity index (χ3n) is 0.992. The molecule has 2 aromatic rings. The average Bonchev–Trinajstić information content (AvgIpc) is 2.85. The van der Waals surface area contributed by atoms with Crippen LogP contribution < -0.4 is 0 Å². The van der Waals surface area contributed by atoms with Gasteiger partial charge >= 0.3 is 37.9 Å². The molecule has 2 aromatic heterocycles. The molecule has 0 aliphatic carbocycles. The molecule has 0 nitrogen and oxygen atoms in total. The van der Waals surface area contributed by atoms with Crippen molar-refractivity contribution in [2.75, 3.05) is 0 Å². The Bertz CT molecular complexity index is 172. The summed E-state index contributed by atoms with van der Waals surface area (Å²) in [6, 6.07) is 8.27. The molecule has 2 rings (SSSR count). The van der Waals surface area contributed by atoms with Crippen LogP contribution in [0.25, 0.3) is 0 Å². The molecule has 0 saturated carbocycles. The number of hydrogen-bond acceptors (Lipinski definition) is 0. The van der Waals surface area contributed by atoms with E-state index in [0.717, 1.165) is 16.4 Å². The fourth-order valence-corrected chi connectivity index (χ4v) is 1.67. The molecule has 0 radical (unpaired) electrons. The Hall–Kier alpha value is 1.02. The third kappa shape index (κ3) is 13.0. The second kappa shape index (κ2) is 13.0. The van der Waals surface area contributed by atoms with Gasteiger partial charge < -0.3 is 0 Å². The topological polar surface area (TPSA) is 0 Å². The Morgan fingerprint density at radius 2 is 0.923 bits per heavy atom. The molecule has 70 valence electrons. The number of hydrogen-bond donors (Lipinski definition) is 0. The minimum Gasteiger partial charge on any atom is -0.140 e. The largest absolute Gasteiger partial charge is 0.140 e. The van der Waals surface area contributed by atoms with Crippen molar-refractivity contribution < 1.29 is 20.8 Å². The molecule has 2 heterocycles. The predicted molar refractivity (Wildman–Crippen MR) is 63.6 cm³/mol. The first kappa shape index (κ1) is 14.0. The summed E-state index contributed by atoms with van der Waals surface area (Å²) in [5.41, 5.74) is 0. The molecule has 0 unspecified atom stereocenters. The number of halogens is 2. The zero-order valence-electron chi connectivity index (χ0n) is 6.87. The van der Waals surface area contributed by atoms with Crippen LogP contribution >= 0.6 is 33.4 Å². The van der Waals surface area contributed by atoms with Gasteiger partial charge in [0.25, 0.3) is 0 Å². The fraction of sp³-hybridized carbons (Fsp3) is 0. The Morgan fingerprint density at radius 3 is 1.00 bits per heavy atom. The van der Waals surface area contributed by atoms with Gasteiger partial charge in [0.1, 0.15) is 0 Å². The molecule has 0 N–H and O–H groups in total. The fourth-order valence-electron chi connectivity index (χ4n) is 0.556. The van der Waals surface area contributed by atoms with Crippen LogP contribution in [0.4, 0.5) is 0 Å². The van der Waals surface area contributed by atoms with Crippen molar-refractivity contribution in [3.63, 3.8) is 0 Å². The van der Waals surface area contributed by atoms with Crippen molar-refractivity contribution in [3.05, 3.63) is 47.5 Å². The van der Waals surface area contributed by atoms with E-state index in [1.165, 1.54) is 0 Å². The summed E-state index contributed by atoms with van der Waals surface area (Å²) < 4.78 is 0. The van der Waals surface area contributed by atoms with E-state index >= 15 is 0 Å². The molecule has 0 aromatic carbocycles. The van der Waals surface area contributed by atoms with Crippen LogP contribution in [0.3, 0.4) is 0 Å². The van der Waals surface area contributed by atoms with Crippen LogP contribution in [0.5, 0.6) is 0 Å².